The number of benzene rings is 1. The number of halogens is 1. The van der Waals surface area contributed by atoms with Gasteiger partial charge in [0.2, 0.25) is 0 Å². The van der Waals surface area contributed by atoms with Crippen LogP contribution in [-0.2, 0) is 9.47 Å². The smallest absolute Gasteiger partial charge is 0.191 e. The molecule has 5 nitrogen and oxygen atoms in total. The third-order valence-electron chi connectivity index (χ3n) is 3.38. The Bertz CT molecular complexity index is 455. The van der Waals surface area contributed by atoms with Crippen molar-refractivity contribution in [1.29, 1.82) is 0 Å². The Kier molecular flexibility index (Phi) is 13.1. The molecule has 1 aromatic carbocycles. The largest absolute Gasteiger partial charge is 0.382 e. The van der Waals surface area contributed by atoms with E-state index in [1.165, 1.54) is 11.1 Å². The van der Waals surface area contributed by atoms with Crippen LogP contribution in [0.15, 0.2) is 29.3 Å². The zero-order chi connectivity index (χ0) is 16.2. The highest BCUT2D eigenvalue weighted by Crippen LogP contribution is 2.15. The minimum absolute atomic E-state index is 0. The molecule has 0 fully saturated rings. The van der Waals surface area contributed by atoms with E-state index in [0.29, 0.717) is 25.7 Å². The van der Waals surface area contributed by atoms with Gasteiger partial charge in [0.05, 0.1) is 19.8 Å². The first-order chi connectivity index (χ1) is 10.7. The van der Waals surface area contributed by atoms with Gasteiger partial charge < -0.3 is 20.1 Å². The van der Waals surface area contributed by atoms with Crippen molar-refractivity contribution in [3.8, 4) is 0 Å². The normalized spacial score (nSPS) is 12.4. The number of aliphatic imine (C=N–C) groups is 1. The monoisotopic (exact) mass is 435 g/mol. The van der Waals surface area contributed by atoms with E-state index in [9.17, 15) is 0 Å². The van der Waals surface area contributed by atoms with Crippen molar-refractivity contribution in [1.82, 2.24) is 10.6 Å². The van der Waals surface area contributed by atoms with E-state index in [1.807, 2.05) is 0 Å². The molecule has 1 rings (SSSR count). The summed E-state index contributed by atoms with van der Waals surface area (Å²) in [5.41, 5.74) is 2.63. The first-order valence-corrected chi connectivity index (χ1v) is 7.75. The second-order valence-corrected chi connectivity index (χ2v) is 5.30. The van der Waals surface area contributed by atoms with Crippen LogP contribution in [0.2, 0.25) is 0 Å². The molecule has 1 unspecified atom stereocenters. The van der Waals surface area contributed by atoms with Gasteiger partial charge in [0.15, 0.2) is 5.96 Å². The molecule has 0 aliphatic heterocycles. The van der Waals surface area contributed by atoms with Crippen LogP contribution in [0.3, 0.4) is 0 Å². The molecular weight excluding hydrogens is 405 g/mol. The van der Waals surface area contributed by atoms with Crippen LogP contribution >= 0.6 is 24.0 Å². The lowest BCUT2D eigenvalue weighted by Gasteiger charge is -2.16. The Morgan fingerprint density at radius 3 is 2.65 bits per heavy atom. The molecule has 1 atom stereocenters. The number of hydrogen-bond donors (Lipinski definition) is 2. The van der Waals surface area contributed by atoms with Crippen LogP contribution in [0.25, 0.3) is 0 Å². The Morgan fingerprint density at radius 1 is 1.22 bits per heavy atom. The number of methoxy groups -OCH3 is 1. The summed E-state index contributed by atoms with van der Waals surface area (Å²) < 4.78 is 10.3. The molecule has 0 aliphatic carbocycles. The van der Waals surface area contributed by atoms with Gasteiger partial charge >= 0.3 is 0 Å². The molecule has 0 saturated carbocycles. The highest BCUT2D eigenvalue weighted by atomic mass is 127. The molecule has 0 aliphatic rings. The molecule has 0 bridgehead atoms. The molecule has 0 radical (unpaired) electrons. The fourth-order valence-corrected chi connectivity index (χ4v) is 2.05. The number of aryl methyl sites for hydroxylation is 1. The maximum absolute atomic E-state index is 5.41. The second kappa shape index (κ2) is 13.6. The topological polar surface area (TPSA) is 54.9 Å². The molecule has 0 spiro atoms. The summed E-state index contributed by atoms with van der Waals surface area (Å²) in [5.74, 6) is 1.23. The van der Waals surface area contributed by atoms with Gasteiger partial charge in [0.1, 0.15) is 0 Å². The molecule has 0 amide bonds. The molecule has 132 valence electrons. The SMILES string of the molecule is CN=C(NCCOCCOC)NCC(C)c1cccc(C)c1.I. The Morgan fingerprint density at radius 2 is 2.00 bits per heavy atom. The first kappa shape index (κ1) is 22.1. The minimum atomic E-state index is 0. The Balaban J connectivity index is 0.00000484. The van der Waals surface area contributed by atoms with Gasteiger partial charge in [-0.25, -0.2) is 0 Å². The second-order valence-electron chi connectivity index (χ2n) is 5.30. The van der Waals surface area contributed by atoms with E-state index in [0.717, 1.165) is 19.0 Å². The average molecular weight is 435 g/mol. The lowest BCUT2D eigenvalue weighted by molar-refractivity contribution is 0.0733. The zero-order valence-corrected chi connectivity index (χ0v) is 16.9. The predicted molar refractivity (Wildman–Crippen MR) is 107 cm³/mol. The summed E-state index contributed by atoms with van der Waals surface area (Å²) in [7, 11) is 3.45. The van der Waals surface area contributed by atoms with Crippen molar-refractivity contribution < 1.29 is 9.47 Å². The third kappa shape index (κ3) is 9.78. The van der Waals surface area contributed by atoms with Crippen LogP contribution in [0.5, 0.6) is 0 Å². The number of hydrogen-bond acceptors (Lipinski definition) is 3. The van der Waals surface area contributed by atoms with Crippen molar-refractivity contribution in [2.24, 2.45) is 4.99 Å². The molecule has 23 heavy (non-hydrogen) atoms. The van der Waals surface area contributed by atoms with Crippen molar-refractivity contribution in [2.45, 2.75) is 19.8 Å². The first-order valence-electron chi connectivity index (χ1n) is 7.75. The summed E-state index contributed by atoms with van der Waals surface area (Å²) in [4.78, 5) is 4.22. The molecule has 6 heteroatoms. The van der Waals surface area contributed by atoms with E-state index in [1.54, 1.807) is 14.2 Å². The lowest BCUT2D eigenvalue weighted by Crippen LogP contribution is -2.40. The minimum Gasteiger partial charge on any atom is -0.382 e. The van der Waals surface area contributed by atoms with Crippen LogP contribution in [0.1, 0.15) is 24.0 Å². The maximum Gasteiger partial charge on any atom is 0.191 e. The average Bonchev–Trinajstić information content (AvgIpc) is 2.53. The summed E-state index contributed by atoms with van der Waals surface area (Å²) in [6.07, 6.45) is 0. The van der Waals surface area contributed by atoms with Crippen LogP contribution < -0.4 is 10.6 Å². The summed E-state index contributed by atoms with van der Waals surface area (Å²) in [5, 5.41) is 6.59. The molecule has 2 N–H and O–H groups in total. The van der Waals surface area contributed by atoms with Gasteiger partial charge in [-0.3, -0.25) is 4.99 Å². The number of nitrogens with zero attached hydrogens (tertiary/aromatic N) is 1. The van der Waals surface area contributed by atoms with E-state index in [2.05, 4.69) is 53.7 Å². The fourth-order valence-electron chi connectivity index (χ4n) is 2.05. The predicted octanol–water partition coefficient (Wildman–Crippen LogP) is 2.54. The van der Waals surface area contributed by atoms with Crippen LogP contribution in [0.4, 0.5) is 0 Å². The van der Waals surface area contributed by atoms with Crippen molar-refractivity contribution in [3.05, 3.63) is 35.4 Å². The standard InChI is InChI=1S/C17H29N3O2.HI/c1-14-6-5-7-16(12-14)15(2)13-20-17(18-3)19-8-9-22-11-10-21-4;/h5-7,12,15H,8-11,13H2,1-4H3,(H2,18,19,20);1H. The van der Waals surface area contributed by atoms with Crippen molar-refractivity contribution in [2.75, 3.05) is 47.1 Å². The molecular formula is C17H30IN3O2. The highest BCUT2D eigenvalue weighted by Gasteiger charge is 2.06. The van der Waals surface area contributed by atoms with E-state index >= 15 is 0 Å². The van der Waals surface area contributed by atoms with Gasteiger partial charge in [0.25, 0.3) is 0 Å². The highest BCUT2D eigenvalue weighted by molar-refractivity contribution is 14.0. The van der Waals surface area contributed by atoms with Crippen LogP contribution in [0, 0.1) is 6.92 Å². The quantitative estimate of drug-likeness (QED) is 0.271. The van der Waals surface area contributed by atoms with E-state index in [-0.39, 0.29) is 24.0 Å². The summed E-state index contributed by atoms with van der Waals surface area (Å²) >= 11 is 0. The summed E-state index contributed by atoms with van der Waals surface area (Å²) in [6, 6.07) is 8.62. The van der Waals surface area contributed by atoms with E-state index < -0.39 is 0 Å². The van der Waals surface area contributed by atoms with Gasteiger partial charge in [-0.05, 0) is 18.4 Å². The third-order valence-corrected chi connectivity index (χ3v) is 3.38. The number of nitrogens with one attached hydrogen (secondary N) is 2. The molecule has 0 saturated heterocycles. The van der Waals surface area contributed by atoms with Gasteiger partial charge in [-0.15, -0.1) is 24.0 Å². The van der Waals surface area contributed by atoms with Gasteiger partial charge in [-0.1, -0.05) is 36.8 Å². The zero-order valence-electron chi connectivity index (χ0n) is 14.6. The lowest BCUT2D eigenvalue weighted by atomic mass is 9.99. The molecule has 0 aromatic heterocycles. The van der Waals surface area contributed by atoms with Crippen molar-refractivity contribution in [3.63, 3.8) is 0 Å². The number of ether oxygens (including phenoxy) is 2. The van der Waals surface area contributed by atoms with Crippen LogP contribution in [-0.4, -0.2) is 53.0 Å². The maximum atomic E-state index is 5.41. The molecule has 0 heterocycles. The molecule has 1 aromatic rings. The Labute approximate surface area is 157 Å². The fraction of sp³-hybridized carbons (Fsp3) is 0.588. The van der Waals surface area contributed by atoms with Crippen molar-refractivity contribution >= 4 is 29.9 Å². The Hall–Kier alpha value is -0.860. The number of guanidine groups is 1. The summed E-state index contributed by atoms with van der Waals surface area (Å²) in [6.45, 7) is 7.78. The van der Waals surface area contributed by atoms with E-state index in [4.69, 9.17) is 9.47 Å². The van der Waals surface area contributed by atoms with Gasteiger partial charge in [0, 0.05) is 27.2 Å². The number of rotatable bonds is 9. The van der Waals surface area contributed by atoms with Gasteiger partial charge in [-0.2, -0.15) is 0 Å².